The van der Waals surface area contributed by atoms with E-state index in [-0.39, 0.29) is 11.7 Å². The molecule has 1 atom stereocenters. The molecule has 1 aromatic carbocycles. The van der Waals surface area contributed by atoms with Crippen LogP contribution in [0.2, 0.25) is 0 Å². The molecule has 4 nitrogen and oxygen atoms in total. The van der Waals surface area contributed by atoms with Crippen LogP contribution in [-0.4, -0.2) is 18.6 Å². The minimum atomic E-state index is -0.590. The van der Waals surface area contributed by atoms with Crippen LogP contribution in [0.3, 0.4) is 0 Å². The minimum Gasteiger partial charge on any atom is -0.379 e. The predicted molar refractivity (Wildman–Crippen MR) is 65.4 cm³/mol. The van der Waals surface area contributed by atoms with Crippen LogP contribution in [0.4, 0.5) is 4.39 Å². The molecular formula is C13H18FNO3. The van der Waals surface area contributed by atoms with Gasteiger partial charge < -0.3 is 9.57 Å². The Bertz CT molecular complexity index is 378. The van der Waals surface area contributed by atoms with Crippen molar-refractivity contribution in [3.8, 4) is 5.75 Å². The largest absolute Gasteiger partial charge is 0.379 e. The molecule has 5 heteroatoms. The second-order valence-electron chi connectivity index (χ2n) is 4.39. The van der Waals surface area contributed by atoms with Crippen molar-refractivity contribution in [3.63, 3.8) is 0 Å². The van der Waals surface area contributed by atoms with Gasteiger partial charge in [-0.25, -0.2) is 4.39 Å². The predicted octanol–water partition coefficient (Wildman–Crippen LogP) is 2.30. The molecule has 0 spiro atoms. The first kappa shape index (κ1) is 14.4. The van der Waals surface area contributed by atoms with Gasteiger partial charge in [0.05, 0.1) is 0 Å². The monoisotopic (exact) mass is 255 g/mol. The topological polar surface area (TPSA) is 47.6 Å². The van der Waals surface area contributed by atoms with Crippen molar-refractivity contribution >= 4 is 5.91 Å². The summed E-state index contributed by atoms with van der Waals surface area (Å²) in [6.07, 6.45) is -0.590. The van der Waals surface area contributed by atoms with Crippen molar-refractivity contribution in [2.45, 2.75) is 26.9 Å². The third kappa shape index (κ3) is 5.14. The van der Waals surface area contributed by atoms with Crippen LogP contribution in [0.5, 0.6) is 5.75 Å². The molecule has 0 unspecified atom stereocenters. The van der Waals surface area contributed by atoms with E-state index >= 15 is 0 Å². The molecule has 0 radical (unpaired) electrons. The van der Waals surface area contributed by atoms with Gasteiger partial charge in [-0.3, -0.25) is 4.79 Å². The van der Waals surface area contributed by atoms with E-state index in [1.807, 2.05) is 13.8 Å². The van der Waals surface area contributed by atoms with Crippen LogP contribution in [0, 0.1) is 11.7 Å². The fraction of sp³-hybridized carbons (Fsp3) is 0.462. The molecule has 18 heavy (non-hydrogen) atoms. The average molecular weight is 255 g/mol. The lowest BCUT2D eigenvalue weighted by Gasteiger charge is -2.14. The van der Waals surface area contributed by atoms with E-state index < -0.39 is 6.10 Å². The molecule has 0 heterocycles. The van der Waals surface area contributed by atoms with Crippen LogP contribution in [0.1, 0.15) is 20.8 Å². The van der Waals surface area contributed by atoms with Crippen molar-refractivity contribution in [2.75, 3.05) is 6.61 Å². The van der Waals surface area contributed by atoms with Gasteiger partial charge in [-0.15, -0.1) is 0 Å². The summed E-state index contributed by atoms with van der Waals surface area (Å²) in [6, 6.07) is 5.35. The zero-order valence-corrected chi connectivity index (χ0v) is 10.8. The fourth-order valence-corrected chi connectivity index (χ4v) is 1.11. The van der Waals surface area contributed by atoms with Gasteiger partial charge in [0.15, 0.2) is 5.75 Å². The van der Waals surface area contributed by atoms with Gasteiger partial charge in [0, 0.05) is 6.61 Å². The number of hydrogen-bond donors (Lipinski definition) is 1. The Hall–Kier alpha value is -1.62. The highest BCUT2D eigenvalue weighted by atomic mass is 19.1. The molecule has 1 amide bonds. The highest BCUT2D eigenvalue weighted by Gasteiger charge is 2.14. The van der Waals surface area contributed by atoms with E-state index in [0.717, 1.165) is 0 Å². The fourth-order valence-electron chi connectivity index (χ4n) is 1.11. The second-order valence-corrected chi connectivity index (χ2v) is 4.39. The summed E-state index contributed by atoms with van der Waals surface area (Å²) in [4.78, 5) is 16.6. The number of hydrogen-bond acceptors (Lipinski definition) is 3. The summed E-state index contributed by atoms with van der Waals surface area (Å²) in [6.45, 7) is 6.15. The molecule has 0 fully saturated rings. The standard InChI is InChI=1S/C13H18FNO3/c1-9(2)8-17-10(3)13(16)15-18-12-6-4-11(14)5-7-12/h4-7,9-10H,8H2,1-3H3,(H,15,16)/t10-/m0/s1. The highest BCUT2D eigenvalue weighted by Crippen LogP contribution is 2.09. The van der Waals surface area contributed by atoms with Gasteiger partial charge in [0.1, 0.15) is 11.9 Å². The number of rotatable bonds is 6. The lowest BCUT2D eigenvalue weighted by atomic mass is 10.2. The molecule has 0 saturated heterocycles. The molecule has 0 aliphatic heterocycles. The maximum absolute atomic E-state index is 12.6. The van der Waals surface area contributed by atoms with E-state index in [0.29, 0.717) is 18.3 Å². The van der Waals surface area contributed by atoms with E-state index in [1.54, 1.807) is 6.92 Å². The van der Waals surface area contributed by atoms with E-state index in [2.05, 4.69) is 5.48 Å². The molecule has 1 aromatic rings. The Kier molecular flexibility index (Phi) is 5.58. The summed E-state index contributed by atoms with van der Waals surface area (Å²) in [5.74, 6) is -0.0126. The average Bonchev–Trinajstić information content (AvgIpc) is 2.34. The van der Waals surface area contributed by atoms with Gasteiger partial charge >= 0.3 is 0 Å². The molecule has 0 aromatic heterocycles. The molecule has 0 saturated carbocycles. The molecule has 1 rings (SSSR count). The number of carbonyl (C=O) groups is 1. The molecule has 1 N–H and O–H groups in total. The van der Waals surface area contributed by atoms with Crippen molar-refractivity contribution < 1.29 is 18.8 Å². The van der Waals surface area contributed by atoms with Crippen LogP contribution >= 0.6 is 0 Å². The number of hydroxylamine groups is 1. The van der Waals surface area contributed by atoms with E-state index in [4.69, 9.17) is 9.57 Å². The summed E-state index contributed by atoms with van der Waals surface area (Å²) in [5.41, 5.74) is 2.26. The third-order valence-corrected chi connectivity index (χ3v) is 2.13. The van der Waals surface area contributed by atoms with Gasteiger partial charge in [-0.05, 0) is 37.1 Å². The van der Waals surface area contributed by atoms with Gasteiger partial charge in [-0.2, -0.15) is 5.48 Å². The number of amides is 1. The summed E-state index contributed by atoms with van der Waals surface area (Å²) < 4.78 is 17.9. The first-order valence-corrected chi connectivity index (χ1v) is 5.83. The number of carbonyl (C=O) groups excluding carboxylic acids is 1. The SMILES string of the molecule is CC(C)CO[C@@H](C)C(=O)NOc1ccc(F)cc1. The lowest BCUT2D eigenvalue weighted by Crippen LogP contribution is -2.37. The molecular weight excluding hydrogens is 237 g/mol. The van der Waals surface area contributed by atoms with Crippen LogP contribution in [-0.2, 0) is 9.53 Å². The maximum atomic E-state index is 12.6. The quantitative estimate of drug-likeness (QED) is 0.793. The maximum Gasteiger partial charge on any atom is 0.281 e. The minimum absolute atomic E-state index is 0.359. The smallest absolute Gasteiger partial charge is 0.281 e. The Morgan fingerprint density at radius 1 is 1.28 bits per heavy atom. The number of benzene rings is 1. The van der Waals surface area contributed by atoms with E-state index in [1.165, 1.54) is 24.3 Å². The number of halogens is 1. The number of nitrogens with one attached hydrogen (secondary N) is 1. The first-order chi connectivity index (χ1) is 8.49. The third-order valence-electron chi connectivity index (χ3n) is 2.13. The van der Waals surface area contributed by atoms with Gasteiger partial charge in [-0.1, -0.05) is 13.8 Å². The number of ether oxygens (including phenoxy) is 1. The Labute approximate surface area is 106 Å². The van der Waals surface area contributed by atoms with E-state index in [9.17, 15) is 9.18 Å². The van der Waals surface area contributed by atoms with Crippen LogP contribution in [0.15, 0.2) is 24.3 Å². The van der Waals surface area contributed by atoms with Crippen molar-refractivity contribution in [3.05, 3.63) is 30.1 Å². The zero-order valence-electron chi connectivity index (χ0n) is 10.8. The Morgan fingerprint density at radius 3 is 2.44 bits per heavy atom. The van der Waals surface area contributed by atoms with Crippen molar-refractivity contribution in [1.29, 1.82) is 0 Å². The molecule has 0 aliphatic rings. The van der Waals surface area contributed by atoms with Crippen molar-refractivity contribution in [1.82, 2.24) is 5.48 Å². The van der Waals surface area contributed by atoms with Gasteiger partial charge in [0.25, 0.3) is 5.91 Å². The molecule has 0 bridgehead atoms. The van der Waals surface area contributed by atoms with Crippen LogP contribution < -0.4 is 10.3 Å². The summed E-state index contributed by atoms with van der Waals surface area (Å²) in [7, 11) is 0. The van der Waals surface area contributed by atoms with Crippen molar-refractivity contribution in [2.24, 2.45) is 5.92 Å². The molecule has 100 valence electrons. The van der Waals surface area contributed by atoms with Gasteiger partial charge in [0.2, 0.25) is 0 Å². The lowest BCUT2D eigenvalue weighted by molar-refractivity contribution is -0.139. The Balaban J connectivity index is 2.34. The van der Waals surface area contributed by atoms with Crippen LogP contribution in [0.25, 0.3) is 0 Å². The normalized spacial score (nSPS) is 12.3. The zero-order chi connectivity index (χ0) is 13.5. The Morgan fingerprint density at radius 2 is 1.89 bits per heavy atom. The highest BCUT2D eigenvalue weighted by molar-refractivity contribution is 5.79. The summed E-state index contributed by atoms with van der Waals surface area (Å²) in [5, 5.41) is 0. The second kappa shape index (κ2) is 6.96. The summed E-state index contributed by atoms with van der Waals surface area (Å²) >= 11 is 0. The first-order valence-electron chi connectivity index (χ1n) is 5.83. The molecule has 0 aliphatic carbocycles.